The summed E-state index contributed by atoms with van der Waals surface area (Å²) in [6.45, 7) is 1.40. The SMILES string of the molecule is CNC(=O)c1ccc(-c2ccc(C3CCCN3CC(=O)N(C)C3CCCCC3)nc2)cn1. The number of hydrogen-bond donors (Lipinski definition) is 1. The van der Waals surface area contributed by atoms with Crippen LogP contribution in [0.3, 0.4) is 0 Å². The number of nitrogens with one attached hydrogen (secondary N) is 1. The predicted molar refractivity (Wildman–Crippen MR) is 124 cm³/mol. The molecule has 2 aromatic heterocycles. The number of amides is 2. The summed E-state index contributed by atoms with van der Waals surface area (Å²) in [6, 6.07) is 8.29. The van der Waals surface area contributed by atoms with Crippen molar-refractivity contribution in [2.75, 3.05) is 27.2 Å². The van der Waals surface area contributed by atoms with Crippen LogP contribution in [0.25, 0.3) is 11.1 Å². The van der Waals surface area contributed by atoms with E-state index in [-0.39, 0.29) is 17.9 Å². The van der Waals surface area contributed by atoms with E-state index in [0.717, 1.165) is 49.0 Å². The molecule has 1 aliphatic heterocycles. The Morgan fingerprint density at radius 1 is 1.00 bits per heavy atom. The highest BCUT2D eigenvalue weighted by atomic mass is 16.2. The average Bonchev–Trinajstić information content (AvgIpc) is 3.31. The van der Waals surface area contributed by atoms with Gasteiger partial charge in [0.2, 0.25) is 5.91 Å². The zero-order chi connectivity index (χ0) is 22.5. The van der Waals surface area contributed by atoms with Crippen LogP contribution in [0.2, 0.25) is 0 Å². The van der Waals surface area contributed by atoms with Crippen LogP contribution >= 0.6 is 0 Å². The van der Waals surface area contributed by atoms with E-state index >= 15 is 0 Å². The molecule has 170 valence electrons. The van der Waals surface area contributed by atoms with Crippen molar-refractivity contribution in [2.24, 2.45) is 0 Å². The van der Waals surface area contributed by atoms with Crippen LogP contribution in [0, 0.1) is 0 Å². The van der Waals surface area contributed by atoms with E-state index in [0.29, 0.717) is 18.3 Å². The fraction of sp³-hybridized carbons (Fsp3) is 0.520. The van der Waals surface area contributed by atoms with Crippen molar-refractivity contribution in [3.8, 4) is 11.1 Å². The Bertz CT molecular complexity index is 922. The molecule has 4 rings (SSSR count). The van der Waals surface area contributed by atoms with Gasteiger partial charge in [-0.25, -0.2) is 0 Å². The highest BCUT2D eigenvalue weighted by Crippen LogP contribution is 2.32. The van der Waals surface area contributed by atoms with Gasteiger partial charge in [0.1, 0.15) is 5.69 Å². The molecular weight excluding hydrogens is 402 g/mol. The van der Waals surface area contributed by atoms with Crippen LogP contribution < -0.4 is 5.32 Å². The lowest BCUT2D eigenvalue weighted by Crippen LogP contribution is -2.44. The topological polar surface area (TPSA) is 78.4 Å². The molecule has 1 atom stereocenters. The third kappa shape index (κ3) is 4.99. The van der Waals surface area contributed by atoms with E-state index in [1.54, 1.807) is 19.3 Å². The fourth-order valence-corrected chi connectivity index (χ4v) is 4.91. The molecule has 3 heterocycles. The molecular formula is C25H33N5O2. The number of likely N-dealkylation sites (tertiary alicyclic amines) is 1. The third-order valence-electron chi connectivity index (χ3n) is 6.90. The largest absolute Gasteiger partial charge is 0.354 e. The van der Waals surface area contributed by atoms with Crippen LogP contribution in [-0.2, 0) is 4.79 Å². The Morgan fingerprint density at radius 2 is 1.72 bits per heavy atom. The van der Waals surface area contributed by atoms with Gasteiger partial charge in [-0.2, -0.15) is 0 Å². The summed E-state index contributed by atoms with van der Waals surface area (Å²) >= 11 is 0. The molecule has 1 aliphatic carbocycles. The molecule has 7 nitrogen and oxygen atoms in total. The van der Waals surface area contributed by atoms with Crippen molar-refractivity contribution in [1.29, 1.82) is 0 Å². The first-order chi connectivity index (χ1) is 15.6. The summed E-state index contributed by atoms with van der Waals surface area (Å²) in [5, 5.41) is 2.58. The lowest BCUT2D eigenvalue weighted by Gasteiger charge is -2.33. The number of pyridine rings is 2. The third-order valence-corrected chi connectivity index (χ3v) is 6.90. The lowest BCUT2D eigenvalue weighted by atomic mass is 9.94. The number of carbonyl (C=O) groups is 2. The molecule has 0 bridgehead atoms. The molecule has 0 aromatic carbocycles. The second-order valence-corrected chi connectivity index (χ2v) is 8.91. The van der Waals surface area contributed by atoms with Gasteiger partial charge < -0.3 is 10.2 Å². The maximum atomic E-state index is 12.9. The van der Waals surface area contributed by atoms with E-state index in [2.05, 4.69) is 21.3 Å². The molecule has 2 amide bonds. The van der Waals surface area contributed by atoms with Gasteiger partial charge in [0, 0.05) is 43.7 Å². The summed E-state index contributed by atoms with van der Waals surface area (Å²) in [5.74, 6) is 0.0257. The summed E-state index contributed by atoms with van der Waals surface area (Å²) in [6.07, 6.45) is 11.7. The van der Waals surface area contributed by atoms with Gasteiger partial charge in [0.05, 0.1) is 18.3 Å². The summed E-state index contributed by atoms with van der Waals surface area (Å²) in [7, 11) is 3.56. The van der Waals surface area contributed by atoms with Gasteiger partial charge in [0.25, 0.3) is 5.91 Å². The molecule has 0 spiro atoms. The van der Waals surface area contributed by atoms with E-state index in [9.17, 15) is 9.59 Å². The van der Waals surface area contributed by atoms with E-state index in [1.807, 2.05) is 30.3 Å². The average molecular weight is 436 g/mol. The van der Waals surface area contributed by atoms with Gasteiger partial charge in [-0.15, -0.1) is 0 Å². The first-order valence-corrected chi connectivity index (χ1v) is 11.7. The van der Waals surface area contributed by atoms with Gasteiger partial charge >= 0.3 is 0 Å². The van der Waals surface area contributed by atoms with Gasteiger partial charge in [-0.05, 0) is 44.4 Å². The highest BCUT2D eigenvalue weighted by molar-refractivity contribution is 5.92. The Morgan fingerprint density at radius 3 is 2.34 bits per heavy atom. The molecule has 1 saturated carbocycles. The molecule has 32 heavy (non-hydrogen) atoms. The summed E-state index contributed by atoms with van der Waals surface area (Å²) in [4.78, 5) is 37.8. The van der Waals surface area contributed by atoms with Crippen molar-refractivity contribution in [3.05, 3.63) is 48.0 Å². The standard InChI is InChI=1S/C25H33N5O2/c1-26-25(32)22-13-11-19(16-28-22)18-10-12-21(27-15-18)23-9-6-14-30(23)17-24(31)29(2)20-7-4-3-5-8-20/h10-13,15-16,20,23H,3-9,14,17H2,1-2H3,(H,26,32). The first kappa shape index (κ1) is 22.4. The number of hydrogen-bond acceptors (Lipinski definition) is 5. The van der Waals surface area contributed by atoms with Gasteiger partial charge in [-0.1, -0.05) is 31.4 Å². The molecule has 1 saturated heterocycles. The normalized spacial score (nSPS) is 19.6. The minimum Gasteiger partial charge on any atom is -0.354 e. The number of carbonyl (C=O) groups excluding carboxylic acids is 2. The van der Waals surface area contributed by atoms with Crippen molar-refractivity contribution >= 4 is 11.8 Å². The molecule has 2 aliphatic rings. The predicted octanol–water partition coefficient (Wildman–Crippen LogP) is 3.43. The quantitative estimate of drug-likeness (QED) is 0.752. The maximum absolute atomic E-state index is 12.9. The lowest BCUT2D eigenvalue weighted by molar-refractivity contribution is -0.134. The molecule has 2 aromatic rings. The zero-order valence-corrected chi connectivity index (χ0v) is 19.1. The van der Waals surface area contributed by atoms with Crippen LogP contribution in [-0.4, -0.2) is 64.8 Å². The van der Waals surface area contributed by atoms with Crippen LogP contribution in [0.4, 0.5) is 0 Å². The first-order valence-electron chi connectivity index (χ1n) is 11.7. The second kappa shape index (κ2) is 10.2. The molecule has 0 radical (unpaired) electrons. The van der Waals surface area contributed by atoms with Crippen LogP contribution in [0.5, 0.6) is 0 Å². The second-order valence-electron chi connectivity index (χ2n) is 8.91. The summed E-state index contributed by atoms with van der Waals surface area (Å²) in [5.41, 5.74) is 3.28. The molecule has 7 heteroatoms. The molecule has 1 unspecified atom stereocenters. The number of nitrogens with zero attached hydrogens (tertiary/aromatic N) is 4. The number of aromatic nitrogens is 2. The number of likely N-dealkylation sites (N-methyl/N-ethyl adjacent to an activating group) is 1. The number of rotatable bonds is 6. The zero-order valence-electron chi connectivity index (χ0n) is 19.1. The van der Waals surface area contributed by atoms with Gasteiger partial charge in [-0.3, -0.25) is 24.5 Å². The monoisotopic (exact) mass is 435 g/mol. The Hall–Kier alpha value is -2.80. The molecule has 2 fully saturated rings. The van der Waals surface area contributed by atoms with Gasteiger partial charge in [0.15, 0.2) is 0 Å². The van der Waals surface area contributed by atoms with E-state index < -0.39 is 0 Å². The van der Waals surface area contributed by atoms with Crippen molar-refractivity contribution < 1.29 is 9.59 Å². The Balaban J connectivity index is 1.40. The minimum absolute atomic E-state index is 0.182. The summed E-state index contributed by atoms with van der Waals surface area (Å²) < 4.78 is 0. The smallest absolute Gasteiger partial charge is 0.269 e. The van der Waals surface area contributed by atoms with Crippen LogP contribution in [0.15, 0.2) is 36.7 Å². The fourth-order valence-electron chi connectivity index (χ4n) is 4.91. The van der Waals surface area contributed by atoms with Crippen molar-refractivity contribution in [1.82, 2.24) is 25.1 Å². The van der Waals surface area contributed by atoms with Crippen molar-refractivity contribution in [3.63, 3.8) is 0 Å². The maximum Gasteiger partial charge on any atom is 0.269 e. The van der Waals surface area contributed by atoms with Crippen molar-refractivity contribution in [2.45, 2.75) is 57.0 Å². The minimum atomic E-state index is -0.199. The van der Waals surface area contributed by atoms with Crippen LogP contribution in [0.1, 0.15) is 67.2 Å². The molecule has 1 N–H and O–H groups in total. The van der Waals surface area contributed by atoms with E-state index in [4.69, 9.17) is 4.98 Å². The Kier molecular flexibility index (Phi) is 7.15. The van der Waals surface area contributed by atoms with E-state index in [1.165, 1.54) is 19.3 Å². The Labute approximate surface area is 190 Å². The highest BCUT2D eigenvalue weighted by Gasteiger charge is 2.31.